The molecule has 1 aromatic rings. The van der Waals surface area contributed by atoms with Crippen molar-refractivity contribution < 1.29 is 14.3 Å². The number of benzene rings is 1. The van der Waals surface area contributed by atoms with Crippen LogP contribution in [0.25, 0.3) is 0 Å². The molecule has 0 atom stereocenters. The highest BCUT2D eigenvalue weighted by molar-refractivity contribution is 6.03. The van der Waals surface area contributed by atoms with Gasteiger partial charge >= 0.3 is 5.97 Å². The van der Waals surface area contributed by atoms with Crippen molar-refractivity contribution in [3.8, 4) is 0 Å². The zero-order valence-corrected chi connectivity index (χ0v) is 10.3. The number of rotatable bonds is 4. The first-order chi connectivity index (χ1) is 8.06. The highest BCUT2D eigenvalue weighted by Gasteiger charge is 2.21. The molecule has 4 heteroatoms. The minimum Gasteiger partial charge on any atom is -0.469 e. The maximum absolute atomic E-state index is 12.0. The van der Waals surface area contributed by atoms with Crippen LogP contribution in [0.15, 0.2) is 30.3 Å². The summed E-state index contributed by atoms with van der Waals surface area (Å²) in [5.41, 5.74) is 0.788. The predicted octanol–water partition coefficient (Wildman–Crippen LogP) is 1.99. The molecule has 1 rings (SSSR count). The van der Waals surface area contributed by atoms with Crippen LogP contribution in [-0.2, 0) is 14.3 Å². The Kier molecular flexibility index (Phi) is 4.69. The first-order valence-electron chi connectivity index (χ1n) is 5.50. The number of amides is 1. The Labute approximate surface area is 101 Å². The van der Waals surface area contributed by atoms with Crippen molar-refractivity contribution in [3.05, 3.63) is 30.3 Å². The number of methoxy groups -OCH3 is 1. The first-order valence-corrected chi connectivity index (χ1v) is 5.50. The van der Waals surface area contributed by atoms with E-state index >= 15 is 0 Å². The smallest absolute Gasteiger partial charge is 0.315 e. The minimum atomic E-state index is -0.517. The average Bonchev–Trinajstić information content (AvgIpc) is 2.29. The highest BCUT2D eigenvalue weighted by atomic mass is 16.5. The number of para-hydroxylation sites is 1. The van der Waals surface area contributed by atoms with E-state index in [-0.39, 0.29) is 18.4 Å². The molecular formula is C13H17NO3. The molecule has 0 spiro atoms. The van der Waals surface area contributed by atoms with Crippen LogP contribution in [0, 0.1) is 0 Å². The van der Waals surface area contributed by atoms with Crippen LogP contribution in [0.4, 0.5) is 5.69 Å². The molecule has 0 N–H and O–H groups in total. The van der Waals surface area contributed by atoms with Crippen molar-refractivity contribution in [2.24, 2.45) is 0 Å². The second-order valence-corrected chi connectivity index (χ2v) is 3.95. The summed E-state index contributed by atoms with van der Waals surface area (Å²) in [7, 11) is 1.28. The molecule has 1 amide bonds. The second-order valence-electron chi connectivity index (χ2n) is 3.95. The number of nitrogens with zero attached hydrogens (tertiary/aromatic N) is 1. The van der Waals surface area contributed by atoms with Gasteiger partial charge in [-0.05, 0) is 26.0 Å². The van der Waals surface area contributed by atoms with Crippen molar-refractivity contribution >= 4 is 17.6 Å². The van der Waals surface area contributed by atoms with Crippen LogP contribution in [0.1, 0.15) is 20.3 Å². The van der Waals surface area contributed by atoms with Crippen LogP contribution in [0.2, 0.25) is 0 Å². The largest absolute Gasteiger partial charge is 0.469 e. The standard InChI is InChI=1S/C13H17NO3/c1-10(2)14(11-7-5-4-6-8-11)12(15)9-13(16)17-3/h4-8,10H,9H2,1-3H3. The van der Waals surface area contributed by atoms with Gasteiger partial charge in [0.25, 0.3) is 0 Å². The predicted molar refractivity (Wildman–Crippen MR) is 65.7 cm³/mol. The summed E-state index contributed by atoms with van der Waals surface area (Å²) in [6, 6.07) is 9.28. The Hall–Kier alpha value is -1.84. The van der Waals surface area contributed by atoms with E-state index < -0.39 is 5.97 Å². The number of carbonyl (C=O) groups excluding carboxylic acids is 2. The Morgan fingerprint density at radius 3 is 2.29 bits per heavy atom. The van der Waals surface area contributed by atoms with E-state index in [1.165, 1.54) is 7.11 Å². The molecule has 0 radical (unpaired) electrons. The van der Waals surface area contributed by atoms with E-state index in [1.54, 1.807) is 4.90 Å². The maximum atomic E-state index is 12.0. The lowest BCUT2D eigenvalue weighted by molar-refractivity contribution is -0.143. The molecule has 0 aliphatic carbocycles. The van der Waals surface area contributed by atoms with Crippen LogP contribution in [0.3, 0.4) is 0 Å². The van der Waals surface area contributed by atoms with Gasteiger partial charge in [-0.15, -0.1) is 0 Å². The SMILES string of the molecule is COC(=O)CC(=O)N(c1ccccc1)C(C)C. The number of carbonyl (C=O) groups is 2. The van der Waals surface area contributed by atoms with Gasteiger partial charge in [-0.3, -0.25) is 9.59 Å². The summed E-state index contributed by atoms with van der Waals surface area (Å²) in [6.07, 6.45) is -0.233. The van der Waals surface area contributed by atoms with Crippen molar-refractivity contribution in [2.75, 3.05) is 12.0 Å². The number of hydrogen-bond acceptors (Lipinski definition) is 3. The van der Waals surface area contributed by atoms with Gasteiger partial charge in [0.2, 0.25) is 5.91 Å². The van der Waals surface area contributed by atoms with Crippen LogP contribution >= 0.6 is 0 Å². The molecule has 1 aromatic carbocycles. The third-order valence-electron chi connectivity index (χ3n) is 2.34. The maximum Gasteiger partial charge on any atom is 0.315 e. The summed E-state index contributed by atoms with van der Waals surface area (Å²) < 4.78 is 4.50. The van der Waals surface area contributed by atoms with Gasteiger partial charge < -0.3 is 9.64 Å². The van der Waals surface area contributed by atoms with Crippen LogP contribution in [0.5, 0.6) is 0 Å². The molecule has 0 heterocycles. The highest BCUT2D eigenvalue weighted by Crippen LogP contribution is 2.17. The fraction of sp³-hybridized carbons (Fsp3) is 0.385. The number of ether oxygens (including phenoxy) is 1. The molecule has 4 nitrogen and oxygen atoms in total. The summed E-state index contributed by atoms with van der Waals surface area (Å²) in [5.74, 6) is -0.769. The van der Waals surface area contributed by atoms with E-state index in [1.807, 2.05) is 44.2 Å². The third-order valence-corrected chi connectivity index (χ3v) is 2.34. The van der Waals surface area contributed by atoms with Gasteiger partial charge in [0.1, 0.15) is 6.42 Å². The average molecular weight is 235 g/mol. The van der Waals surface area contributed by atoms with Gasteiger partial charge in [0, 0.05) is 11.7 Å². The van der Waals surface area contributed by atoms with E-state index in [4.69, 9.17) is 0 Å². The molecule has 0 aromatic heterocycles. The topological polar surface area (TPSA) is 46.6 Å². The lowest BCUT2D eigenvalue weighted by atomic mass is 10.2. The lowest BCUT2D eigenvalue weighted by Crippen LogP contribution is -2.38. The van der Waals surface area contributed by atoms with Gasteiger partial charge in [-0.25, -0.2) is 0 Å². The lowest BCUT2D eigenvalue weighted by Gasteiger charge is -2.26. The number of esters is 1. The van der Waals surface area contributed by atoms with Crippen molar-refractivity contribution in [1.29, 1.82) is 0 Å². The molecule has 0 unspecified atom stereocenters. The second kappa shape index (κ2) is 6.03. The third kappa shape index (κ3) is 3.59. The zero-order valence-electron chi connectivity index (χ0n) is 10.3. The number of anilines is 1. The van der Waals surface area contributed by atoms with Gasteiger partial charge in [0.15, 0.2) is 0 Å². The van der Waals surface area contributed by atoms with Gasteiger partial charge in [0.05, 0.1) is 7.11 Å². The van der Waals surface area contributed by atoms with Crippen molar-refractivity contribution in [2.45, 2.75) is 26.3 Å². The van der Waals surface area contributed by atoms with Crippen molar-refractivity contribution in [1.82, 2.24) is 0 Å². The Morgan fingerprint density at radius 2 is 1.82 bits per heavy atom. The Morgan fingerprint density at radius 1 is 1.24 bits per heavy atom. The minimum absolute atomic E-state index is 0.00504. The van der Waals surface area contributed by atoms with Gasteiger partial charge in [-0.1, -0.05) is 18.2 Å². The first kappa shape index (κ1) is 13.2. The molecule has 0 saturated carbocycles. The summed E-state index contributed by atoms with van der Waals surface area (Å²) in [4.78, 5) is 24.7. The molecule has 0 fully saturated rings. The fourth-order valence-corrected chi connectivity index (χ4v) is 1.60. The molecule has 0 bridgehead atoms. The molecule has 17 heavy (non-hydrogen) atoms. The van der Waals surface area contributed by atoms with E-state index in [9.17, 15) is 9.59 Å². The normalized spacial score (nSPS) is 10.1. The molecular weight excluding hydrogens is 218 g/mol. The molecule has 0 aliphatic heterocycles. The van der Waals surface area contributed by atoms with Crippen LogP contribution in [-0.4, -0.2) is 25.0 Å². The zero-order chi connectivity index (χ0) is 12.8. The Bertz CT molecular complexity index is 387. The van der Waals surface area contributed by atoms with Crippen LogP contribution < -0.4 is 4.90 Å². The quantitative estimate of drug-likeness (QED) is 0.592. The van der Waals surface area contributed by atoms with E-state index in [2.05, 4.69) is 4.74 Å². The molecule has 92 valence electrons. The van der Waals surface area contributed by atoms with E-state index in [0.29, 0.717) is 0 Å². The molecule has 0 aliphatic rings. The molecule has 0 saturated heterocycles. The summed E-state index contributed by atoms with van der Waals surface area (Å²) in [5, 5.41) is 0. The van der Waals surface area contributed by atoms with Crippen molar-refractivity contribution in [3.63, 3.8) is 0 Å². The monoisotopic (exact) mass is 235 g/mol. The van der Waals surface area contributed by atoms with E-state index in [0.717, 1.165) is 5.69 Å². The summed E-state index contributed by atoms with van der Waals surface area (Å²) in [6.45, 7) is 3.81. The number of hydrogen-bond donors (Lipinski definition) is 0. The van der Waals surface area contributed by atoms with Gasteiger partial charge in [-0.2, -0.15) is 0 Å². The Balaban J connectivity index is 2.87. The fourth-order valence-electron chi connectivity index (χ4n) is 1.60. The summed E-state index contributed by atoms with van der Waals surface area (Å²) >= 11 is 0.